The first-order valence-electron chi connectivity index (χ1n) is 8.21. The van der Waals surface area contributed by atoms with E-state index < -0.39 is 28.8 Å². The molecule has 0 amide bonds. The van der Waals surface area contributed by atoms with Crippen LogP contribution < -0.4 is 9.47 Å². The molecule has 9 heteroatoms. The third-order valence-electron chi connectivity index (χ3n) is 4.14. The lowest BCUT2D eigenvalue weighted by atomic mass is 10.1. The van der Waals surface area contributed by atoms with Crippen LogP contribution in [0.4, 0.5) is 13.2 Å². The minimum absolute atomic E-state index is 0.294. The quantitative estimate of drug-likeness (QED) is 0.600. The van der Waals surface area contributed by atoms with Gasteiger partial charge in [0.05, 0.1) is 12.7 Å². The lowest BCUT2D eigenvalue weighted by Crippen LogP contribution is -2.30. The number of nitrogens with zero attached hydrogens (tertiary/aromatic N) is 3. The van der Waals surface area contributed by atoms with Crippen molar-refractivity contribution >= 4 is 11.6 Å². The summed E-state index contributed by atoms with van der Waals surface area (Å²) in [6.45, 7) is 3.14. The van der Waals surface area contributed by atoms with E-state index in [4.69, 9.17) is 21.1 Å². The second-order valence-corrected chi connectivity index (χ2v) is 7.00. The zero-order valence-corrected chi connectivity index (χ0v) is 16.3. The van der Waals surface area contributed by atoms with Crippen LogP contribution >= 0.6 is 11.6 Å². The van der Waals surface area contributed by atoms with Crippen LogP contribution in [-0.2, 0) is 12.6 Å². The van der Waals surface area contributed by atoms with Crippen molar-refractivity contribution in [1.82, 2.24) is 14.8 Å². The Balaban J connectivity index is 2.01. The van der Waals surface area contributed by atoms with Gasteiger partial charge in [0, 0.05) is 24.2 Å². The molecule has 0 unspecified atom stereocenters. The molecule has 3 aromatic rings. The highest BCUT2D eigenvalue weighted by Crippen LogP contribution is 2.35. The van der Waals surface area contributed by atoms with Crippen molar-refractivity contribution < 1.29 is 22.6 Å². The Bertz CT molecular complexity index is 1010. The molecule has 1 heterocycles. The third-order valence-corrected chi connectivity index (χ3v) is 4.37. The van der Waals surface area contributed by atoms with Crippen LogP contribution in [0.25, 0.3) is 11.4 Å². The summed E-state index contributed by atoms with van der Waals surface area (Å²) in [6.07, 6.45) is 0. The van der Waals surface area contributed by atoms with E-state index in [1.165, 1.54) is 7.11 Å². The van der Waals surface area contributed by atoms with E-state index in [-0.39, 0.29) is 0 Å². The number of halogens is 4. The molecular formula is C19H17ClF3N3O2. The number of methoxy groups -OCH3 is 1. The van der Waals surface area contributed by atoms with Gasteiger partial charge in [-0.05, 0) is 32.0 Å². The summed E-state index contributed by atoms with van der Waals surface area (Å²) in [7, 11) is 3.18. The van der Waals surface area contributed by atoms with Crippen molar-refractivity contribution in [3.8, 4) is 22.9 Å². The minimum Gasteiger partial charge on any atom is -0.496 e. The highest BCUT2D eigenvalue weighted by molar-refractivity contribution is 6.30. The van der Waals surface area contributed by atoms with Crippen molar-refractivity contribution in [2.75, 3.05) is 7.11 Å². The van der Waals surface area contributed by atoms with E-state index in [0.717, 1.165) is 0 Å². The maximum atomic E-state index is 14.0. The molecule has 3 rings (SSSR count). The van der Waals surface area contributed by atoms with Crippen LogP contribution in [0.5, 0.6) is 11.5 Å². The maximum absolute atomic E-state index is 14.0. The van der Waals surface area contributed by atoms with Crippen LogP contribution in [0, 0.1) is 17.5 Å². The SMILES string of the molecule is COc1cc(Cl)ccc1-c1nnc(C(C)(C)Oc2c(F)cc(F)cc2F)n1C. The van der Waals surface area contributed by atoms with Gasteiger partial charge in [0.2, 0.25) is 0 Å². The van der Waals surface area contributed by atoms with E-state index >= 15 is 0 Å². The highest BCUT2D eigenvalue weighted by atomic mass is 35.5. The second-order valence-electron chi connectivity index (χ2n) is 6.56. The van der Waals surface area contributed by atoms with Gasteiger partial charge in [0.15, 0.2) is 34.6 Å². The predicted octanol–water partition coefficient (Wildman–Crippen LogP) is 4.88. The van der Waals surface area contributed by atoms with Crippen LogP contribution in [-0.4, -0.2) is 21.9 Å². The molecule has 0 bridgehead atoms. The highest BCUT2D eigenvalue weighted by Gasteiger charge is 2.32. The molecule has 0 spiro atoms. The van der Waals surface area contributed by atoms with Gasteiger partial charge in [-0.15, -0.1) is 10.2 Å². The summed E-state index contributed by atoms with van der Waals surface area (Å²) in [6, 6.07) is 6.14. The van der Waals surface area contributed by atoms with Crippen LogP contribution in [0.1, 0.15) is 19.7 Å². The van der Waals surface area contributed by atoms with Crippen molar-refractivity contribution in [3.63, 3.8) is 0 Å². The molecule has 2 aromatic carbocycles. The van der Waals surface area contributed by atoms with Gasteiger partial charge in [-0.2, -0.15) is 0 Å². The summed E-state index contributed by atoms with van der Waals surface area (Å²) in [4.78, 5) is 0. The van der Waals surface area contributed by atoms with Gasteiger partial charge < -0.3 is 14.0 Å². The van der Waals surface area contributed by atoms with Gasteiger partial charge in [-0.3, -0.25) is 0 Å². The average molecular weight is 412 g/mol. The lowest BCUT2D eigenvalue weighted by Gasteiger charge is -2.26. The Morgan fingerprint density at radius 1 is 1.04 bits per heavy atom. The lowest BCUT2D eigenvalue weighted by molar-refractivity contribution is 0.0833. The summed E-state index contributed by atoms with van der Waals surface area (Å²) >= 11 is 5.99. The number of aromatic nitrogens is 3. The molecule has 0 N–H and O–H groups in total. The van der Waals surface area contributed by atoms with E-state index in [0.29, 0.717) is 40.1 Å². The third kappa shape index (κ3) is 3.64. The van der Waals surface area contributed by atoms with E-state index in [1.807, 2.05) is 0 Å². The molecule has 0 saturated carbocycles. The van der Waals surface area contributed by atoms with Crippen molar-refractivity contribution in [2.45, 2.75) is 19.4 Å². The van der Waals surface area contributed by atoms with Crippen molar-refractivity contribution in [1.29, 1.82) is 0 Å². The predicted molar refractivity (Wildman–Crippen MR) is 98.0 cm³/mol. The van der Waals surface area contributed by atoms with Gasteiger partial charge in [0.25, 0.3) is 0 Å². The molecule has 0 aliphatic rings. The topological polar surface area (TPSA) is 49.2 Å². The van der Waals surface area contributed by atoms with Crippen LogP contribution in [0.2, 0.25) is 5.02 Å². The number of benzene rings is 2. The summed E-state index contributed by atoms with van der Waals surface area (Å²) in [5.74, 6) is -2.79. The molecule has 0 fully saturated rings. The first-order valence-corrected chi connectivity index (χ1v) is 8.59. The normalized spacial score (nSPS) is 11.6. The Morgan fingerprint density at radius 3 is 2.29 bits per heavy atom. The molecule has 0 aliphatic carbocycles. The summed E-state index contributed by atoms with van der Waals surface area (Å²) < 4.78 is 53.6. The first-order chi connectivity index (χ1) is 13.1. The van der Waals surface area contributed by atoms with Gasteiger partial charge in [-0.25, -0.2) is 13.2 Å². The standard InChI is InChI=1S/C19H17ClF3N3O2/c1-19(2,28-16-13(22)8-11(21)9-14(16)23)18-25-24-17(26(18)3)12-6-5-10(20)7-15(12)27-4/h5-9H,1-4H3. The van der Waals surface area contributed by atoms with Crippen molar-refractivity contribution in [2.24, 2.45) is 7.05 Å². The number of rotatable bonds is 5. The molecule has 5 nitrogen and oxygen atoms in total. The van der Waals surface area contributed by atoms with E-state index in [2.05, 4.69) is 10.2 Å². The molecule has 28 heavy (non-hydrogen) atoms. The molecule has 1 aromatic heterocycles. The molecule has 148 valence electrons. The average Bonchev–Trinajstić information content (AvgIpc) is 3.00. The Morgan fingerprint density at radius 2 is 1.68 bits per heavy atom. The van der Waals surface area contributed by atoms with Crippen LogP contribution in [0.3, 0.4) is 0 Å². The zero-order valence-electron chi connectivity index (χ0n) is 15.6. The van der Waals surface area contributed by atoms with Crippen LogP contribution in [0.15, 0.2) is 30.3 Å². The smallest absolute Gasteiger partial charge is 0.192 e. The molecular weight excluding hydrogens is 395 g/mol. The number of ether oxygens (including phenoxy) is 2. The monoisotopic (exact) mass is 411 g/mol. The van der Waals surface area contributed by atoms with Gasteiger partial charge in [0.1, 0.15) is 11.6 Å². The zero-order chi connectivity index (χ0) is 20.6. The molecule has 0 radical (unpaired) electrons. The minimum atomic E-state index is -1.28. The maximum Gasteiger partial charge on any atom is 0.192 e. The van der Waals surface area contributed by atoms with Gasteiger partial charge in [-0.1, -0.05) is 11.6 Å². The van der Waals surface area contributed by atoms with E-state index in [9.17, 15) is 13.2 Å². The Hall–Kier alpha value is -2.74. The largest absolute Gasteiger partial charge is 0.496 e. The number of hydrogen-bond donors (Lipinski definition) is 0. The first kappa shape index (κ1) is 20.0. The van der Waals surface area contributed by atoms with E-state index in [1.54, 1.807) is 43.7 Å². The molecule has 0 aliphatic heterocycles. The fourth-order valence-electron chi connectivity index (χ4n) is 2.87. The molecule has 0 saturated heterocycles. The Labute approximate surface area is 164 Å². The molecule has 0 atom stereocenters. The summed E-state index contributed by atoms with van der Waals surface area (Å²) in [5.41, 5.74) is -0.651. The fourth-order valence-corrected chi connectivity index (χ4v) is 3.03. The number of hydrogen-bond acceptors (Lipinski definition) is 4. The summed E-state index contributed by atoms with van der Waals surface area (Å²) in [5, 5.41) is 8.76. The van der Waals surface area contributed by atoms with Crippen molar-refractivity contribution in [3.05, 3.63) is 58.6 Å². The van der Waals surface area contributed by atoms with Gasteiger partial charge >= 0.3 is 0 Å². The Kier molecular flexibility index (Phi) is 5.25. The fraction of sp³-hybridized carbons (Fsp3) is 0.263. The second kappa shape index (κ2) is 7.35.